The van der Waals surface area contributed by atoms with Gasteiger partial charge in [-0.1, -0.05) is 48.5 Å². The number of ether oxygens (including phenoxy) is 1. The summed E-state index contributed by atoms with van der Waals surface area (Å²) in [6.45, 7) is 1.62. The molecule has 0 atom stereocenters. The molecule has 0 bridgehead atoms. The van der Waals surface area contributed by atoms with Crippen LogP contribution in [-0.2, 0) is 4.74 Å². The highest BCUT2D eigenvalue weighted by molar-refractivity contribution is 7.21. The first kappa shape index (κ1) is 22.0. The van der Waals surface area contributed by atoms with Crippen LogP contribution in [0.5, 0.6) is 0 Å². The summed E-state index contributed by atoms with van der Waals surface area (Å²) in [4.78, 5) is 28.3. The molecule has 2 heterocycles. The Hall–Kier alpha value is -3.85. The Morgan fingerprint density at radius 1 is 1.12 bits per heavy atom. The van der Waals surface area contributed by atoms with Crippen molar-refractivity contribution in [3.05, 3.63) is 81.9 Å². The van der Waals surface area contributed by atoms with Crippen molar-refractivity contribution in [1.82, 2.24) is 4.98 Å². The van der Waals surface area contributed by atoms with Gasteiger partial charge in [-0.05, 0) is 40.8 Å². The van der Waals surface area contributed by atoms with Gasteiger partial charge in [0, 0.05) is 11.3 Å². The fourth-order valence-corrected chi connectivity index (χ4v) is 5.48. The molecule has 2 aromatic heterocycles. The number of fused-ring (bicyclic) bond motifs is 4. The number of carboxylic acid groups (broad SMARTS) is 1. The number of hydrogen-bond acceptors (Lipinski definition) is 5. The highest BCUT2D eigenvalue weighted by Gasteiger charge is 2.30. The Balaban J connectivity index is 1.42. The van der Waals surface area contributed by atoms with Crippen LogP contribution in [0.2, 0.25) is 0 Å². The maximum atomic E-state index is 13.1. The van der Waals surface area contributed by atoms with E-state index in [0.717, 1.165) is 33.6 Å². The maximum Gasteiger partial charge on any atom is 0.411 e. The first-order valence-corrected chi connectivity index (χ1v) is 11.2. The van der Waals surface area contributed by atoms with Crippen LogP contribution in [0.4, 0.5) is 19.3 Å². The van der Waals surface area contributed by atoms with Crippen molar-refractivity contribution in [2.24, 2.45) is 0 Å². The number of aryl methyl sites for hydroxylation is 1. The minimum atomic E-state index is -2.79. The number of thiophene rings is 1. The van der Waals surface area contributed by atoms with Gasteiger partial charge in [0.05, 0.1) is 5.69 Å². The van der Waals surface area contributed by atoms with Crippen molar-refractivity contribution in [1.29, 1.82) is 0 Å². The molecule has 34 heavy (non-hydrogen) atoms. The van der Waals surface area contributed by atoms with E-state index < -0.39 is 24.2 Å². The number of pyridine rings is 1. The van der Waals surface area contributed by atoms with Crippen molar-refractivity contribution in [3.63, 3.8) is 0 Å². The molecule has 0 radical (unpaired) electrons. The average Bonchev–Trinajstić information content (AvgIpc) is 3.34. The van der Waals surface area contributed by atoms with Gasteiger partial charge in [0.1, 0.15) is 22.0 Å². The zero-order valence-corrected chi connectivity index (χ0v) is 18.7. The molecule has 4 aromatic rings. The Kier molecular flexibility index (Phi) is 5.49. The normalized spacial score (nSPS) is 12.6. The van der Waals surface area contributed by atoms with Gasteiger partial charge in [0.2, 0.25) is 0 Å². The first-order valence-electron chi connectivity index (χ1n) is 10.4. The van der Waals surface area contributed by atoms with Crippen molar-refractivity contribution in [2.45, 2.75) is 19.3 Å². The predicted octanol–water partition coefficient (Wildman–Crippen LogP) is 6.60. The third-order valence-electron chi connectivity index (χ3n) is 5.87. The lowest BCUT2D eigenvalue weighted by Gasteiger charge is -2.15. The van der Waals surface area contributed by atoms with Crippen molar-refractivity contribution >= 4 is 39.3 Å². The minimum Gasteiger partial charge on any atom is -0.477 e. The van der Waals surface area contributed by atoms with Crippen LogP contribution < -0.4 is 5.32 Å². The summed E-state index contributed by atoms with van der Waals surface area (Å²) in [5, 5.41) is 12.4. The van der Waals surface area contributed by atoms with Crippen molar-refractivity contribution in [3.8, 4) is 11.1 Å². The molecule has 0 spiro atoms. The fourth-order valence-electron chi connectivity index (χ4n) is 4.43. The molecule has 1 aliphatic carbocycles. The molecule has 0 saturated heterocycles. The van der Waals surface area contributed by atoms with Crippen molar-refractivity contribution in [2.75, 3.05) is 11.9 Å². The number of rotatable bonds is 5. The maximum absolute atomic E-state index is 13.1. The number of aromatic nitrogens is 1. The number of hydrogen-bond donors (Lipinski definition) is 2. The van der Waals surface area contributed by atoms with E-state index in [2.05, 4.69) is 10.3 Å². The van der Waals surface area contributed by atoms with Gasteiger partial charge < -0.3 is 9.84 Å². The topological polar surface area (TPSA) is 88.5 Å². The average molecular weight is 480 g/mol. The Labute approximate surface area is 196 Å². The summed E-state index contributed by atoms with van der Waals surface area (Å²) in [5.41, 5.74) is 4.19. The number of anilines is 1. The standard InChI is InChI=1S/C25H18F2N2O4S/c1-12-10-18(22(26)27)28-23-19(12)20(21(34-23)24(30)31)29-25(32)33-11-17-15-8-4-2-6-13(15)14-7-3-5-9-16(14)17/h2-10,17,22H,11H2,1H3,(H,29,32)(H,30,31). The molecule has 2 aromatic carbocycles. The Bertz CT molecular complexity index is 1400. The second kappa shape index (κ2) is 8.49. The molecule has 9 heteroatoms. The van der Waals surface area contributed by atoms with Gasteiger partial charge in [-0.25, -0.2) is 23.4 Å². The lowest BCUT2D eigenvalue weighted by Crippen LogP contribution is -2.19. The van der Waals surface area contributed by atoms with E-state index in [1.807, 2.05) is 48.5 Å². The molecule has 0 unspecified atom stereocenters. The van der Waals surface area contributed by atoms with E-state index in [1.165, 1.54) is 6.07 Å². The zero-order chi connectivity index (χ0) is 24.0. The number of benzene rings is 2. The number of amides is 1. The summed E-state index contributed by atoms with van der Waals surface area (Å²) in [6.07, 6.45) is -3.63. The highest BCUT2D eigenvalue weighted by atomic mass is 32.1. The number of alkyl halides is 2. The fraction of sp³-hybridized carbons (Fsp3) is 0.160. The summed E-state index contributed by atoms with van der Waals surface area (Å²) in [5.74, 6) is -1.46. The summed E-state index contributed by atoms with van der Waals surface area (Å²) in [6, 6.07) is 17.0. The van der Waals surface area contributed by atoms with E-state index >= 15 is 0 Å². The van der Waals surface area contributed by atoms with Gasteiger partial charge in [0.25, 0.3) is 6.43 Å². The van der Waals surface area contributed by atoms with Gasteiger partial charge in [-0.2, -0.15) is 0 Å². The number of carbonyl (C=O) groups is 2. The van der Waals surface area contributed by atoms with E-state index in [0.29, 0.717) is 10.9 Å². The molecule has 5 rings (SSSR count). The lowest BCUT2D eigenvalue weighted by molar-refractivity contribution is 0.0703. The smallest absolute Gasteiger partial charge is 0.411 e. The van der Waals surface area contributed by atoms with Gasteiger partial charge in [-0.3, -0.25) is 5.32 Å². The first-order chi connectivity index (χ1) is 16.3. The van der Waals surface area contributed by atoms with Crippen LogP contribution in [0, 0.1) is 6.92 Å². The molecule has 2 N–H and O–H groups in total. The number of halogens is 2. The molecular formula is C25H18F2N2O4S. The van der Waals surface area contributed by atoms with Crippen LogP contribution in [0.15, 0.2) is 54.6 Å². The third kappa shape index (κ3) is 3.67. The second-order valence-electron chi connectivity index (χ2n) is 7.91. The SMILES string of the molecule is Cc1cc(C(F)F)nc2sc(C(=O)O)c(NC(=O)OCC3c4ccccc4-c4ccccc43)c12. The number of nitrogens with one attached hydrogen (secondary N) is 1. The lowest BCUT2D eigenvalue weighted by atomic mass is 9.98. The van der Waals surface area contributed by atoms with Crippen LogP contribution >= 0.6 is 11.3 Å². The molecular weight excluding hydrogens is 462 g/mol. The molecule has 172 valence electrons. The predicted molar refractivity (Wildman–Crippen MR) is 125 cm³/mol. The van der Waals surface area contributed by atoms with Gasteiger partial charge in [-0.15, -0.1) is 11.3 Å². The number of carbonyl (C=O) groups excluding carboxylic acids is 1. The largest absolute Gasteiger partial charge is 0.477 e. The molecule has 0 aliphatic heterocycles. The van der Waals surface area contributed by atoms with Crippen LogP contribution in [0.25, 0.3) is 21.3 Å². The van der Waals surface area contributed by atoms with Gasteiger partial charge >= 0.3 is 12.1 Å². The Morgan fingerprint density at radius 3 is 2.32 bits per heavy atom. The Morgan fingerprint density at radius 2 is 1.74 bits per heavy atom. The molecule has 1 amide bonds. The van der Waals surface area contributed by atoms with Gasteiger partial charge in [0.15, 0.2) is 0 Å². The summed E-state index contributed by atoms with van der Waals surface area (Å²) < 4.78 is 31.8. The van der Waals surface area contributed by atoms with E-state index in [-0.39, 0.29) is 27.9 Å². The molecule has 0 saturated carbocycles. The molecule has 6 nitrogen and oxygen atoms in total. The van der Waals surface area contributed by atoms with E-state index in [4.69, 9.17) is 4.74 Å². The van der Waals surface area contributed by atoms with E-state index in [9.17, 15) is 23.5 Å². The number of carboxylic acids is 1. The number of nitrogens with zero attached hydrogens (tertiary/aromatic N) is 1. The monoisotopic (exact) mass is 480 g/mol. The summed E-state index contributed by atoms with van der Waals surface area (Å²) in [7, 11) is 0. The molecule has 1 aliphatic rings. The second-order valence-corrected chi connectivity index (χ2v) is 8.91. The highest BCUT2D eigenvalue weighted by Crippen LogP contribution is 2.44. The summed E-state index contributed by atoms with van der Waals surface area (Å²) >= 11 is 0.730. The third-order valence-corrected chi connectivity index (χ3v) is 6.94. The molecule has 0 fully saturated rings. The van der Waals surface area contributed by atoms with Crippen LogP contribution in [-0.4, -0.2) is 28.8 Å². The quantitative estimate of drug-likeness (QED) is 0.336. The number of aromatic carboxylic acids is 1. The van der Waals surface area contributed by atoms with Crippen molar-refractivity contribution < 1.29 is 28.2 Å². The van der Waals surface area contributed by atoms with Crippen LogP contribution in [0.3, 0.4) is 0 Å². The minimum absolute atomic E-state index is 0.00413. The van der Waals surface area contributed by atoms with Crippen LogP contribution in [0.1, 0.15) is 44.4 Å². The van der Waals surface area contributed by atoms with E-state index in [1.54, 1.807) is 6.92 Å². The zero-order valence-electron chi connectivity index (χ0n) is 17.8.